The number of carbonyl (C=O) groups excluding carboxylic acids is 1. The van der Waals surface area contributed by atoms with Crippen molar-refractivity contribution in [2.75, 3.05) is 11.9 Å². The second-order valence-corrected chi connectivity index (χ2v) is 5.17. The molecule has 106 valence electrons. The number of rotatable bonds is 3. The lowest BCUT2D eigenvalue weighted by atomic mass is 10.2. The highest BCUT2D eigenvalue weighted by Crippen LogP contribution is 2.29. The van der Waals surface area contributed by atoms with E-state index in [2.05, 4.69) is 9.47 Å². The number of anilines is 1. The molecule has 0 atom stereocenters. The summed E-state index contributed by atoms with van der Waals surface area (Å²) in [4.78, 5) is 25.0. The van der Waals surface area contributed by atoms with Crippen molar-refractivity contribution in [3.63, 3.8) is 0 Å². The van der Waals surface area contributed by atoms with Crippen molar-refractivity contribution in [3.05, 3.63) is 28.7 Å². The lowest BCUT2D eigenvalue weighted by molar-refractivity contribution is 0.0697. The molecule has 0 spiro atoms. The molecule has 0 saturated heterocycles. The van der Waals surface area contributed by atoms with Crippen LogP contribution in [0.2, 0.25) is 0 Å². The number of carbonyl (C=O) groups is 2. The van der Waals surface area contributed by atoms with Gasteiger partial charge in [0.25, 0.3) is 5.91 Å². The zero-order valence-electron chi connectivity index (χ0n) is 11.5. The Bertz CT molecular complexity index is 689. The summed E-state index contributed by atoms with van der Waals surface area (Å²) in [6.07, 6.45) is 1.61. The van der Waals surface area contributed by atoms with Crippen LogP contribution in [0.4, 0.5) is 5.00 Å². The fraction of sp³-hybridized carbons (Fsp3) is 0.333. The predicted molar refractivity (Wildman–Crippen MR) is 74.5 cm³/mol. The second-order valence-electron chi connectivity index (χ2n) is 4.42. The van der Waals surface area contributed by atoms with Gasteiger partial charge in [-0.15, -0.1) is 0 Å². The fourth-order valence-electron chi connectivity index (χ4n) is 1.92. The summed E-state index contributed by atoms with van der Waals surface area (Å²) >= 11 is 0.995. The molecule has 2 aromatic heterocycles. The van der Waals surface area contributed by atoms with Crippen molar-refractivity contribution >= 4 is 28.4 Å². The van der Waals surface area contributed by atoms with Crippen LogP contribution in [0.25, 0.3) is 0 Å². The molecule has 20 heavy (non-hydrogen) atoms. The summed E-state index contributed by atoms with van der Waals surface area (Å²) in [5, 5.41) is 13.6. The van der Waals surface area contributed by atoms with E-state index in [9.17, 15) is 14.7 Å². The van der Waals surface area contributed by atoms with Gasteiger partial charge in [0.15, 0.2) is 0 Å². The summed E-state index contributed by atoms with van der Waals surface area (Å²) in [5.41, 5.74) is 1.51. The van der Waals surface area contributed by atoms with E-state index in [1.165, 1.54) is 11.9 Å². The van der Waals surface area contributed by atoms with E-state index in [1.807, 2.05) is 0 Å². The van der Waals surface area contributed by atoms with E-state index in [0.29, 0.717) is 22.0 Å². The molecule has 0 saturated carbocycles. The van der Waals surface area contributed by atoms with Gasteiger partial charge in [-0.2, -0.15) is 9.47 Å². The summed E-state index contributed by atoms with van der Waals surface area (Å²) in [7, 11) is 3.26. The predicted octanol–water partition coefficient (Wildman–Crippen LogP) is 1.47. The minimum Gasteiger partial charge on any atom is -0.478 e. The van der Waals surface area contributed by atoms with Crippen LogP contribution >= 0.6 is 11.5 Å². The Kier molecular flexibility index (Phi) is 3.58. The molecule has 0 unspecified atom stereocenters. The Morgan fingerprint density at radius 1 is 1.35 bits per heavy atom. The maximum absolute atomic E-state index is 12.4. The molecule has 0 aromatic carbocycles. The second kappa shape index (κ2) is 5.04. The number of hydrogen-bond acceptors (Lipinski definition) is 5. The normalized spacial score (nSPS) is 10.6. The third kappa shape index (κ3) is 2.29. The van der Waals surface area contributed by atoms with Gasteiger partial charge in [0.05, 0.1) is 17.0 Å². The quantitative estimate of drug-likeness (QED) is 0.926. The molecule has 0 bridgehead atoms. The number of aromatic nitrogens is 3. The minimum absolute atomic E-state index is 0.0624. The Balaban J connectivity index is 2.42. The number of carboxylic acids is 1. The van der Waals surface area contributed by atoms with Gasteiger partial charge in [-0.25, -0.2) is 4.79 Å². The molecular weight excluding hydrogens is 280 g/mol. The van der Waals surface area contributed by atoms with Crippen LogP contribution in [0.3, 0.4) is 0 Å². The monoisotopic (exact) mass is 294 g/mol. The Morgan fingerprint density at radius 2 is 2.00 bits per heavy atom. The average Bonchev–Trinajstić information content (AvgIpc) is 2.90. The van der Waals surface area contributed by atoms with Crippen LogP contribution in [0.1, 0.15) is 32.1 Å². The highest BCUT2D eigenvalue weighted by Gasteiger charge is 2.26. The third-order valence-corrected chi connectivity index (χ3v) is 3.93. The minimum atomic E-state index is -1.09. The first-order valence-electron chi connectivity index (χ1n) is 5.80. The van der Waals surface area contributed by atoms with Gasteiger partial charge in [0.2, 0.25) is 0 Å². The summed E-state index contributed by atoms with van der Waals surface area (Å²) in [5.74, 6) is -1.39. The molecule has 8 heteroatoms. The van der Waals surface area contributed by atoms with E-state index in [0.717, 1.165) is 11.5 Å². The van der Waals surface area contributed by atoms with Crippen molar-refractivity contribution < 1.29 is 14.7 Å². The number of aromatic carboxylic acids is 1. The SMILES string of the molecule is Cc1nn(C)cc1C(=O)N(C)c1snc(C)c1C(=O)O. The topological polar surface area (TPSA) is 88.3 Å². The van der Waals surface area contributed by atoms with Gasteiger partial charge >= 0.3 is 5.97 Å². The molecule has 7 nitrogen and oxygen atoms in total. The standard InChI is InChI=1S/C12H14N4O3S/c1-6-8(5-15(3)13-6)10(17)16(4)11-9(12(18)19)7(2)14-20-11/h5H,1-4H3,(H,18,19). The number of hydrogen-bond donors (Lipinski definition) is 1. The van der Waals surface area contributed by atoms with Crippen LogP contribution < -0.4 is 4.90 Å². The first kappa shape index (κ1) is 14.2. The lowest BCUT2D eigenvalue weighted by Gasteiger charge is -2.15. The van der Waals surface area contributed by atoms with Crippen LogP contribution in [0.15, 0.2) is 6.20 Å². The van der Waals surface area contributed by atoms with Gasteiger partial charge < -0.3 is 10.0 Å². The average molecular weight is 294 g/mol. The highest BCUT2D eigenvalue weighted by molar-refractivity contribution is 7.11. The molecule has 2 rings (SSSR count). The molecule has 1 N–H and O–H groups in total. The van der Waals surface area contributed by atoms with Gasteiger partial charge in [-0.3, -0.25) is 9.48 Å². The molecule has 0 radical (unpaired) electrons. The van der Waals surface area contributed by atoms with E-state index < -0.39 is 5.97 Å². The Hall–Kier alpha value is -2.22. The van der Waals surface area contributed by atoms with Gasteiger partial charge in [-0.1, -0.05) is 0 Å². The largest absolute Gasteiger partial charge is 0.478 e. The molecule has 0 aliphatic rings. The van der Waals surface area contributed by atoms with Crippen molar-refractivity contribution in [3.8, 4) is 0 Å². The van der Waals surface area contributed by atoms with Crippen molar-refractivity contribution in [2.45, 2.75) is 13.8 Å². The van der Waals surface area contributed by atoms with E-state index in [4.69, 9.17) is 0 Å². The third-order valence-electron chi connectivity index (χ3n) is 2.91. The maximum atomic E-state index is 12.4. The Labute approximate surface area is 119 Å². The van der Waals surface area contributed by atoms with Crippen LogP contribution in [0.5, 0.6) is 0 Å². The molecule has 1 amide bonds. The number of amides is 1. The van der Waals surface area contributed by atoms with Crippen molar-refractivity contribution in [1.29, 1.82) is 0 Å². The molecule has 2 aromatic rings. The number of aryl methyl sites for hydroxylation is 3. The maximum Gasteiger partial charge on any atom is 0.340 e. The number of carboxylic acid groups (broad SMARTS) is 1. The lowest BCUT2D eigenvalue weighted by Crippen LogP contribution is -2.27. The summed E-state index contributed by atoms with van der Waals surface area (Å²) in [6.45, 7) is 3.34. The zero-order valence-corrected chi connectivity index (χ0v) is 12.4. The fourth-order valence-corrected chi connectivity index (χ4v) is 2.76. The number of nitrogens with zero attached hydrogens (tertiary/aromatic N) is 4. The smallest absolute Gasteiger partial charge is 0.340 e. The van der Waals surface area contributed by atoms with Crippen LogP contribution in [-0.2, 0) is 7.05 Å². The van der Waals surface area contributed by atoms with Gasteiger partial charge in [-0.05, 0) is 25.4 Å². The van der Waals surface area contributed by atoms with E-state index in [1.54, 1.807) is 31.8 Å². The summed E-state index contributed by atoms with van der Waals surface area (Å²) in [6, 6.07) is 0. The van der Waals surface area contributed by atoms with E-state index >= 15 is 0 Å². The molecule has 0 fully saturated rings. The highest BCUT2D eigenvalue weighted by atomic mass is 32.1. The van der Waals surface area contributed by atoms with E-state index in [-0.39, 0.29) is 11.5 Å². The van der Waals surface area contributed by atoms with Gasteiger partial charge in [0, 0.05) is 20.3 Å². The van der Waals surface area contributed by atoms with Crippen molar-refractivity contribution in [1.82, 2.24) is 14.2 Å². The molecule has 2 heterocycles. The molecular formula is C12H14N4O3S. The van der Waals surface area contributed by atoms with Crippen LogP contribution in [0, 0.1) is 13.8 Å². The Morgan fingerprint density at radius 3 is 2.50 bits per heavy atom. The van der Waals surface area contributed by atoms with Crippen LogP contribution in [-0.4, -0.2) is 38.2 Å². The first-order chi connectivity index (χ1) is 9.32. The van der Waals surface area contributed by atoms with Gasteiger partial charge in [0.1, 0.15) is 10.6 Å². The zero-order chi connectivity index (χ0) is 15.0. The molecule has 0 aliphatic carbocycles. The summed E-state index contributed by atoms with van der Waals surface area (Å²) < 4.78 is 5.56. The van der Waals surface area contributed by atoms with Crippen molar-refractivity contribution in [2.24, 2.45) is 7.05 Å². The first-order valence-corrected chi connectivity index (χ1v) is 6.58. The molecule has 0 aliphatic heterocycles.